The number of amides is 3. The van der Waals surface area contributed by atoms with E-state index < -0.39 is 5.41 Å². The lowest BCUT2D eigenvalue weighted by molar-refractivity contribution is -0.136. The minimum absolute atomic E-state index is 0.0201. The predicted molar refractivity (Wildman–Crippen MR) is 116 cm³/mol. The van der Waals surface area contributed by atoms with Crippen molar-refractivity contribution in [2.75, 3.05) is 53.6 Å². The fraction of sp³-hybridized carbons (Fsp3) is 0.609. The van der Waals surface area contributed by atoms with Crippen LogP contribution >= 0.6 is 0 Å². The second-order valence-electron chi connectivity index (χ2n) is 8.27. The molecule has 3 heterocycles. The van der Waals surface area contributed by atoms with Crippen molar-refractivity contribution in [2.24, 2.45) is 5.41 Å². The van der Waals surface area contributed by atoms with E-state index in [-0.39, 0.29) is 24.3 Å². The molecule has 3 amide bonds. The number of benzene rings is 1. The van der Waals surface area contributed by atoms with Gasteiger partial charge in [0.05, 0.1) is 17.5 Å². The number of hydrogen-bond donors (Lipinski definition) is 1. The second-order valence-corrected chi connectivity index (χ2v) is 8.27. The van der Waals surface area contributed by atoms with Gasteiger partial charge >= 0.3 is 0 Å². The summed E-state index contributed by atoms with van der Waals surface area (Å²) in [4.78, 5) is 42.0. The second kappa shape index (κ2) is 10.6. The van der Waals surface area contributed by atoms with Crippen molar-refractivity contribution in [1.29, 1.82) is 0 Å². The molecular weight excluding hydrogens is 398 g/mol. The van der Waals surface area contributed by atoms with Crippen LogP contribution in [0.3, 0.4) is 0 Å². The summed E-state index contributed by atoms with van der Waals surface area (Å²) in [5.74, 6) is 0.390. The Morgan fingerprint density at radius 1 is 1.10 bits per heavy atom. The van der Waals surface area contributed by atoms with Crippen LogP contribution in [0, 0.1) is 5.41 Å². The van der Waals surface area contributed by atoms with Gasteiger partial charge in [-0.05, 0) is 37.8 Å². The molecule has 0 atom stereocenters. The molecule has 0 saturated carbocycles. The maximum Gasteiger partial charge on any atom is 0.257 e. The lowest BCUT2D eigenvalue weighted by atomic mass is 9.73. The van der Waals surface area contributed by atoms with Crippen molar-refractivity contribution >= 4 is 17.7 Å². The van der Waals surface area contributed by atoms with E-state index in [1.165, 1.54) is 7.11 Å². The summed E-state index contributed by atoms with van der Waals surface area (Å²) < 4.78 is 10.9. The number of methoxy groups -OCH3 is 1. The summed E-state index contributed by atoms with van der Waals surface area (Å²) in [6.07, 6.45) is 3.64. The van der Waals surface area contributed by atoms with Crippen LogP contribution in [-0.2, 0) is 14.3 Å². The third-order valence-electron chi connectivity index (χ3n) is 6.41. The Hall–Kier alpha value is -2.61. The van der Waals surface area contributed by atoms with E-state index in [0.29, 0.717) is 56.9 Å². The van der Waals surface area contributed by atoms with E-state index in [2.05, 4.69) is 5.32 Å². The number of nitrogens with zero attached hydrogens (tertiary/aromatic N) is 2. The van der Waals surface area contributed by atoms with Gasteiger partial charge in [-0.25, -0.2) is 0 Å². The number of carbonyl (C=O) groups excluding carboxylic acids is 3. The summed E-state index contributed by atoms with van der Waals surface area (Å²) in [6, 6.07) is 7.21. The first kappa shape index (κ1) is 23.1. The third kappa shape index (κ3) is 5.36. The minimum atomic E-state index is -0.469. The molecule has 8 nitrogen and oxygen atoms in total. The molecule has 0 aliphatic carbocycles. The van der Waals surface area contributed by atoms with Crippen LogP contribution in [0.15, 0.2) is 24.3 Å². The van der Waals surface area contributed by atoms with Crippen molar-refractivity contribution in [3.05, 3.63) is 29.8 Å². The van der Waals surface area contributed by atoms with E-state index in [1.54, 1.807) is 24.1 Å². The molecule has 0 aromatic heterocycles. The van der Waals surface area contributed by atoms with Crippen LogP contribution in [0.1, 0.15) is 42.5 Å². The fourth-order valence-electron chi connectivity index (χ4n) is 4.54. The Balaban J connectivity index is 1.85. The van der Waals surface area contributed by atoms with Crippen molar-refractivity contribution in [2.45, 2.75) is 32.1 Å². The van der Waals surface area contributed by atoms with Gasteiger partial charge < -0.3 is 24.6 Å². The standard InChI is InChI=1S/C23H33N3O5/c1-24-22(29)23-9-5-6-12-25(20(27)17-30-2)15-16-31-19-8-4-3-7-18(19)21(28)26(13-10-23)14-11-23/h3-4,7-8H,5-6,9-17H2,1-2H3,(H,24,29). The summed E-state index contributed by atoms with van der Waals surface area (Å²) in [7, 11) is 3.17. The van der Waals surface area contributed by atoms with Crippen molar-refractivity contribution in [3.8, 4) is 5.75 Å². The van der Waals surface area contributed by atoms with Crippen molar-refractivity contribution in [3.63, 3.8) is 0 Å². The predicted octanol–water partition coefficient (Wildman–Crippen LogP) is 1.69. The van der Waals surface area contributed by atoms with Crippen LogP contribution in [0.25, 0.3) is 0 Å². The van der Waals surface area contributed by atoms with Gasteiger partial charge in [0.25, 0.3) is 5.91 Å². The van der Waals surface area contributed by atoms with Crippen molar-refractivity contribution < 1.29 is 23.9 Å². The van der Waals surface area contributed by atoms with E-state index >= 15 is 0 Å². The summed E-state index contributed by atoms with van der Waals surface area (Å²) in [6.45, 7) is 2.39. The lowest BCUT2D eigenvalue weighted by Crippen LogP contribution is -2.49. The number of ether oxygens (including phenoxy) is 2. The number of rotatable bonds is 3. The SMILES string of the molecule is CNC(=O)C12CCCCN(C(=O)COC)CCOc3ccccc3C(=O)N(CC1)CC2. The minimum Gasteiger partial charge on any atom is -0.491 e. The highest BCUT2D eigenvalue weighted by Gasteiger charge is 2.41. The maximum atomic E-state index is 13.2. The monoisotopic (exact) mass is 431 g/mol. The highest BCUT2D eigenvalue weighted by molar-refractivity contribution is 5.97. The average Bonchev–Trinajstić information content (AvgIpc) is 2.80. The first-order valence-electron chi connectivity index (χ1n) is 11.0. The molecule has 8 heteroatoms. The Morgan fingerprint density at radius 3 is 2.55 bits per heavy atom. The zero-order valence-corrected chi connectivity index (χ0v) is 18.5. The van der Waals surface area contributed by atoms with E-state index in [1.807, 2.05) is 17.0 Å². The molecular formula is C23H33N3O5. The maximum absolute atomic E-state index is 13.2. The lowest BCUT2D eigenvalue weighted by Gasteiger charge is -2.40. The van der Waals surface area contributed by atoms with Gasteiger partial charge in [-0.1, -0.05) is 18.6 Å². The summed E-state index contributed by atoms with van der Waals surface area (Å²) in [5, 5.41) is 2.82. The number of hydrogen-bond acceptors (Lipinski definition) is 5. The Morgan fingerprint density at radius 2 is 1.84 bits per heavy atom. The van der Waals surface area contributed by atoms with Crippen LogP contribution in [0.4, 0.5) is 0 Å². The first-order valence-corrected chi connectivity index (χ1v) is 11.0. The van der Waals surface area contributed by atoms with Gasteiger partial charge in [-0.2, -0.15) is 0 Å². The van der Waals surface area contributed by atoms with Crippen LogP contribution in [0.5, 0.6) is 5.75 Å². The van der Waals surface area contributed by atoms with Gasteiger partial charge in [0.15, 0.2) is 0 Å². The molecule has 0 spiro atoms. The smallest absolute Gasteiger partial charge is 0.257 e. The molecule has 1 N–H and O–H groups in total. The zero-order chi connectivity index (χ0) is 22.3. The molecule has 2 bridgehead atoms. The molecule has 1 fully saturated rings. The van der Waals surface area contributed by atoms with Gasteiger partial charge in [-0.15, -0.1) is 0 Å². The Labute approximate surface area is 183 Å². The molecule has 1 saturated heterocycles. The van der Waals surface area contributed by atoms with Gasteiger partial charge in [0, 0.05) is 33.8 Å². The zero-order valence-electron chi connectivity index (χ0n) is 18.5. The van der Waals surface area contributed by atoms with Crippen LogP contribution < -0.4 is 10.1 Å². The van der Waals surface area contributed by atoms with Crippen LogP contribution in [-0.4, -0.2) is 81.1 Å². The Bertz CT molecular complexity index is 789. The topological polar surface area (TPSA) is 88.2 Å². The molecule has 3 aliphatic heterocycles. The number of nitrogens with one attached hydrogen (secondary N) is 1. The number of fused-ring (bicyclic) bond motifs is 9. The van der Waals surface area contributed by atoms with E-state index in [4.69, 9.17) is 9.47 Å². The molecule has 0 unspecified atom stereocenters. The first-order chi connectivity index (χ1) is 15.0. The molecule has 3 aliphatic rings. The average molecular weight is 432 g/mol. The Kier molecular flexibility index (Phi) is 7.90. The number of carbonyl (C=O) groups is 3. The molecule has 31 heavy (non-hydrogen) atoms. The quantitative estimate of drug-likeness (QED) is 0.787. The largest absolute Gasteiger partial charge is 0.491 e. The normalized spacial score (nSPS) is 19.6. The molecule has 4 rings (SSSR count). The third-order valence-corrected chi connectivity index (χ3v) is 6.41. The number of piperidine rings is 1. The van der Waals surface area contributed by atoms with Crippen LogP contribution in [0.2, 0.25) is 0 Å². The summed E-state index contributed by atoms with van der Waals surface area (Å²) in [5.41, 5.74) is 0.0444. The highest BCUT2D eigenvalue weighted by atomic mass is 16.5. The highest BCUT2D eigenvalue weighted by Crippen LogP contribution is 2.38. The van der Waals surface area contributed by atoms with E-state index in [9.17, 15) is 14.4 Å². The molecule has 170 valence electrons. The number of para-hydroxylation sites is 1. The fourth-order valence-corrected chi connectivity index (χ4v) is 4.54. The molecule has 0 radical (unpaired) electrons. The van der Waals surface area contributed by atoms with Gasteiger partial charge in [-0.3, -0.25) is 14.4 Å². The molecule has 1 aromatic rings. The van der Waals surface area contributed by atoms with E-state index in [0.717, 1.165) is 19.3 Å². The molecule has 1 aromatic carbocycles. The summed E-state index contributed by atoms with van der Waals surface area (Å²) >= 11 is 0. The van der Waals surface area contributed by atoms with Gasteiger partial charge in [0.1, 0.15) is 19.0 Å². The van der Waals surface area contributed by atoms with Gasteiger partial charge in [0.2, 0.25) is 11.8 Å². The van der Waals surface area contributed by atoms with Crippen molar-refractivity contribution in [1.82, 2.24) is 15.1 Å².